The average Bonchev–Trinajstić information content (AvgIpc) is 3.40. The summed E-state index contributed by atoms with van der Waals surface area (Å²) in [5, 5.41) is 7.96. The number of rotatable bonds is 7. The van der Waals surface area contributed by atoms with Crippen LogP contribution < -0.4 is 10.6 Å². The molecule has 0 unspecified atom stereocenters. The van der Waals surface area contributed by atoms with Crippen LogP contribution in [0.3, 0.4) is 0 Å². The van der Waals surface area contributed by atoms with E-state index in [1.165, 1.54) is 23.8 Å². The second-order valence-corrected chi connectivity index (χ2v) is 8.62. The van der Waals surface area contributed by atoms with Crippen LogP contribution in [0.25, 0.3) is 11.3 Å². The Labute approximate surface area is 190 Å². The van der Waals surface area contributed by atoms with Gasteiger partial charge in [-0.1, -0.05) is 42.5 Å². The summed E-state index contributed by atoms with van der Waals surface area (Å²) >= 11 is 1.34. The zero-order valence-corrected chi connectivity index (χ0v) is 18.5. The van der Waals surface area contributed by atoms with Crippen LogP contribution in [-0.4, -0.2) is 40.7 Å². The van der Waals surface area contributed by atoms with Crippen molar-refractivity contribution in [1.29, 1.82) is 0 Å². The molecule has 3 amide bonds. The van der Waals surface area contributed by atoms with E-state index in [0.717, 1.165) is 17.7 Å². The largest absolute Gasteiger partial charge is 0.342 e. The Hall–Kier alpha value is -3.52. The van der Waals surface area contributed by atoms with Crippen LogP contribution in [0.2, 0.25) is 0 Å². The highest BCUT2D eigenvalue weighted by Crippen LogP contribution is 2.27. The topological polar surface area (TPSA) is 91.4 Å². The molecule has 3 aromatic rings. The van der Waals surface area contributed by atoms with Gasteiger partial charge in [-0.25, -0.2) is 4.98 Å². The Kier molecular flexibility index (Phi) is 6.61. The summed E-state index contributed by atoms with van der Waals surface area (Å²) in [7, 11) is 0. The first kappa shape index (κ1) is 21.7. The number of hydrogen-bond donors (Lipinski definition) is 2. The highest BCUT2D eigenvalue weighted by molar-refractivity contribution is 7.14. The Morgan fingerprint density at radius 3 is 2.56 bits per heavy atom. The predicted molar refractivity (Wildman–Crippen MR) is 125 cm³/mol. The molecule has 1 aliphatic rings. The minimum atomic E-state index is -0.373. The lowest BCUT2D eigenvalue weighted by atomic mass is 10.1. The van der Waals surface area contributed by atoms with Crippen LogP contribution in [0.1, 0.15) is 18.9 Å². The molecule has 4 rings (SSSR count). The van der Waals surface area contributed by atoms with Crippen molar-refractivity contribution in [2.45, 2.75) is 19.8 Å². The van der Waals surface area contributed by atoms with Crippen molar-refractivity contribution in [2.75, 3.05) is 23.7 Å². The molecular formula is C24H24N4O3S. The van der Waals surface area contributed by atoms with Gasteiger partial charge in [0.15, 0.2) is 5.13 Å². The number of anilines is 2. The molecule has 1 atom stereocenters. The van der Waals surface area contributed by atoms with Gasteiger partial charge in [-0.2, -0.15) is 0 Å². The van der Waals surface area contributed by atoms with Crippen molar-refractivity contribution in [2.24, 2.45) is 5.92 Å². The summed E-state index contributed by atoms with van der Waals surface area (Å²) in [4.78, 5) is 42.5. The van der Waals surface area contributed by atoms with Crippen molar-refractivity contribution >= 4 is 39.9 Å². The van der Waals surface area contributed by atoms with Gasteiger partial charge in [-0.05, 0) is 24.1 Å². The Balaban J connectivity index is 1.32. The molecule has 2 N–H and O–H groups in total. The minimum Gasteiger partial charge on any atom is -0.342 e. The molecule has 1 saturated heterocycles. The molecule has 2 heterocycles. The van der Waals surface area contributed by atoms with E-state index in [1.807, 2.05) is 60.0 Å². The summed E-state index contributed by atoms with van der Waals surface area (Å²) in [5.74, 6) is -0.661. The minimum absolute atomic E-state index is 0.0140. The fraction of sp³-hybridized carbons (Fsp3) is 0.250. The van der Waals surface area contributed by atoms with Gasteiger partial charge >= 0.3 is 0 Å². The van der Waals surface area contributed by atoms with Gasteiger partial charge in [0.2, 0.25) is 17.7 Å². The summed E-state index contributed by atoms with van der Waals surface area (Å²) < 4.78 is 0. The number of nitrogens with zero attached hydrogens (tertiary/aromatic N) is 2. The van der Waals surface area contributed by atoms with Crippen molar-refractivity contribution < 1.29 is 14.4 Å². The van der Waals surface area contributed by atoms with Crippen LogP contribution in [0.4, 0.5) is 10.8 Å². The van der Waals surface area contributed by atoms with E-state index >= 15 is 0 Å². The maximum Gasteiger partial charge on any atom is 0.231 e. The van der Waals surface area contributed by atoms with E-state index < -0.39 is 0 Å². The van der Waals surface area contributed by atoms with Crippen LogP contribution in [0, 0.1) is 5.92 Å². The quantitative estimate of drug-likeness (QED) is 0.575. The molecule has 2 aromatic carbocycles. The molecule has 1 fully saturated rings. The molecule has 8 heteroatoms. The molecule has 1 aliphatic heterocycles. The van der Waals surface area contributed by atoms with Crippen molar-refractivity contribution in [3.63, 3.8) is 0 Å². The lowest BCUT2D eigenvalue weighted by Gasteiger charge is -2.16. The molecule has 7 nitrogen and oxygen atoms in total. The van der Waals surface area contributed by atoms with Gasteiger partial charge in [0.05, 0.1) is 11.6 Å². The normalized spacial score (nSPS) is 15.6. The lowest BCUT2D eigenvalue weighted by Crippen LogP contribution is -2.30. The molecule has 0 radical (unpaired) electrons. The van der Waals surface area contributed by atoms with E-state index in [0.29, 0.717) is 23.9 Å². The Morgan fingerprint density at radius 2 is 1.84 bits per heavy atom. The van der Waals surface area contributed by atoms with E-state index in [1.54, 1.807) is 4.90 Å². The van der Waals surface area contributed by atoms with E-state index in [2.05, 4.69) is 15.6 Å². The Bertz CT molecular complexity index is 1110. The summed E-state index contributed by atoms with van der Waals surface area (Å²) in [5.41, 5.74) is 3.52. The van der Waals surface area contributed by atoms with Crippen molar-refractivity contribution in [1.82, 2.24) is 9.88 Å². The van der Waals surface area contributed by atoms with E-state index in [-0.39, 0.29) is 30.1 Å². The maximum absolute atomic E-state index is 12.7. The van der Waals surface area contributed by atoms with Gasteiger partial charge in [-0.15, -0.1) is 11.3 Å². The number of thiazole rings is 1. The second kappa shape index (κ2) is 9.74. The SMILES string of the molecule is CC(=O)Nc1ccc(-c2csc(NC(=O)[C@@H]3CC(=O)N(CCc4ccccc4)C3)n2)cc1. The highest BCUT2D eigenvalue weighted by atomic mass is 32.1. The van der Waals surface area contributed by atoms with E-state index in [9.17, 15) is 14.4 Å². The van der Waals surface area contributed by atoms with Gasteiger partial charge < -0.3 is 15.5 Å². The van der Waals surface area contributed by atoms with Gasteiger partial charge in [0, 0.05) is 43.1 Å². The summed E-state index contributed by atoms with van der Waals surface area (Å²) in [6.07, 6.45) is 1.00. The number of carbonyl (C=O) groups excluding carboxylic acids is 3. The smallest absolute Gasteiger partial charge is 0.231 e. The first-order chi connectivity index (χ1) is 15.5. The first-order valence-corrected chi connectivity index (χ1v) is 11.3. The van der Waals surface area contributed by atoms with Gasteiger partial charge in [0.25, 0.3) is 0 Å². The van der Waals surface area contributed by atoms with E-state index in [4.69, 9.17) is 0 Å². The number of carbonyl (C=O) groups is 3. The van der Waals surface area contributed by atoms with Crippen molar-refractivity contribution in [3.05, 3.63) is 65.5 Å². The van der Waals surface area contributed by atoms with Crippen LogP contribution >= 0.6 is 11.3 Å². The van der Waals surface area contributed by atoms with Crippen LogP contribution in [-0.2, 0) is 20.8 Å². The Morgan fingerprint density at radius 1 is 1.09 bits per heavy atom. The average molecular weight is 449 g/mol. The molecular weight excluding hydrogens is 424 g/mol. The third kappa shape index (κ3) is 5.39. The number of hydrogen-bond acceptors (Lipinski definition) is 5. The molecule has 32 heavy (non-hydrogen) atoms. The molecule has 0 aliphatic carbocycles. The monoisotopic (exact) mass is 448 g/mol. The first-order valence-electron chi connectivity index (χ1n) is 10.4. The van der Waals surface area contributed by atoms with Crippen LogP contribution in [0.5, 0.6) is 0 Å². The molecule has 0 bridgehead atoms. The zero-order chi connectivity index (χ0) is 22.5. The predicted octanol–water partition coefficient (Wildman–Crippen LogP) is 3.80. The standard InChI is InChI=1S/C24H24N4O3S/c1-16(29)25-20-9-7-18(8-10-20)21-15-32-24(26-21)27-23(31)19-13-22(30)28(14-19)12-11-17-5-3-2-4-6-17/h2-10,15,19H,11-14H2,1H3,(H,25,29)(H,26,27,31)/t19-/m1/s1. The van der Waals surface area contributed by atoms with Gasteiger partial charge in [0.1, 0.15) is 0 Å². The fourth-order valence-corrected chi connectivity index (χ4v) is 4.39. The number of nitrogens with one attached hydrogen (secondary N) is 2. The fourth-order valence-electron chi connectivity index (χ4n) is 3.67. The molecule has 164 valence electrons. The van der Waals surface area contributed by atoms with Crippen LogP contribution in [0.15, 0.2) is 60.0 Å². The maximum atomic E-state index is 12.7. The number of benzene rings is 2. The second-order valence-electron chi connectivity index (χ2n) is 7.76. The zero-order valence-electron chi connectivity index (χ0n) is 17.7. The van der Waals surface area contributed by atoms with Gasteiger partial charge in [-0.3, -0.25) is 14.4 Å². The number of amides is 3. The lowest BCUT2D eigenvalue weighted by molar-refractivity contribution is -0.128. The molecule has 1 aromatic heterocycles. The highest BCUT2D eigenvalue weighted by Gasteiger charge is 2.34. The van der Waals surface area contributed by atoms with Crippen molar-refractivity contribution in [3.8, 4) is 11.3 Å². The summed E-state index contributed by atoms with van der Waals surface area (Å²) in [6.45, 7) is 2.51. The number of aromatic nitrogens is 1. The third-order valence-electron chi connectivity index (χ3n) is 5.33. The molecule has 0 saturated carbocycles. The third-order valence-corrected chi connectivity index (χ3v) is 6.09. The summed E-state index contributed by atoms with van der Waals surface area (Å²) in [6, 6.07) is 17.4. The number of likely N-dealkylation sites (tertiary alicyclic amines) is 1. The molecule has 0 spiro atoms.